The average molecular weight is 472 g/mol. The summed E-state index contributed by atoms with van der Waals surface area (Å²) in [4.78, 5) is 9.44. The Kier molecular flexibility index (Phi) is 18.2. The predicted molar refractivity (Wildman–Crippen MR) is 148 cm³/mol. The summed E-state index contributed by atoms with van der Waals surface area (Å²) < 4.78 is 2.27. The fraction of sp³-hybridized carbons (Fsp3) is 0.700. The molecule has 2 fully saturated rings. The molecule has 2 aromatic rings. The van der Waals surface area contributed by atoms with Crippen molar-refractivity contribution < 1.29 is 4.79 Å². The van der Waals surface area contributed by atoms with Crippen LogP contribution in [0.15, 0.2) is 30.3 Å². The minimum atomic E-state index is 0.167. The van der Waals surface area contributed by atoms with Gasteiger partial charge in [0.25, 0.3) is 0 Å². The fourth-order valence-corrected chi connectivity index (χ4v) is 3.79. The van der Waals surface area contributed by atoms with E-state index < -0.39 is 0 Å². The summed E-state index contributed by atoms with van der Waals surface area (Å²) in [5.74, 6) is 5.08. The highest BCUT2D eigenvalue weighted by Crippen LogP contribution is 2.40. The van der Waals surface area contributed by atoms with Crippen LogP contribution in [-0.2, 0) is 11.2 Å². The maximum absolute atomic E-state index is 9.44. The Labute approximate surface area is 211 Å². The Balaban J connectivity index is 0.000000568. The third-order valence-corrected chi connectivity index (χ3v) is 6.01. The molecule has 0 N–H and O–H groups in total. The number of aromatic nitrogens is 3. The molecule has 4 nitrogen and oxygen atoms in total. The molecular weight excluding hydrogens is 418 g/mol. The summed E-state index contributed by atoms with van der Waals surface area (Å²) in [5.41, 5.74) is 1.20. The molecule has 1 heterocycles. The maximum atomic E-state index is 9.44. The zero-order valence-corrected chi connectivity index (χ0v) is 23.7. The van der Waals surface area contributed by atoms with Gasteiger partial charge in [-0.25, -0.2) is 0 Å². The van der Waals surface area contributed by atoms with Crippen molar-refractivity contribution >= 4 is 5.78 Å². The molecule has 2 saturated carbocycles. The van der Waals surface area contributed by atoms with Crippen LogP contribution in [0.5, 0.6) is 0 Å². The van der Waals surface area contributed by atoms with E-state index in [2.05, 4.69) is 65.9 Å². The Bertz CT molecular complexity index is 736. The van der Waals surface area contributed by atoms with Gasteiger partial charge in [0.15, 0.2) is 0 Å². The van der Waals surface area contributed by atoms with Crippen molar-refractivity contribution in [2.45, 2.75) is 126 Å². The Morgan fingerprint density at radius 2 is 1.38 bits per heavy atom. The first-order valence-corrected chi connectivity index (χ1v) is 13.9. The molecule has 0 aliphatic heterocycles. The van der Waals surface area contributed by atoms with E-state index in [1.54, 1.807) is 0 Å². The maximum Gasteiger partial charge on any atom is 0.140 e. The lowest BCUT2D eigenvalue weighted by molar-refractivity contribution is -0.114. The van der Waals surface area contributed by atoms with Gasteiger partial charge in [-0.3, -0.25) is 4.57 Å². The lowest BCUT2D eigenvalue weighted by Gasteiger charge is -2.24. The first-order chi connectivity index (χ1) is 16.4. The van der Waals surface area contributed by atoms with Crippen molar-refractivity contribution in [3.05, 3.63) is 42.0 Å². The van der Waals surface area contributed by atoms with Crippen molar-refractivity contribution in [3.63, 3.8) is 0 Å². The Morgan fingerprint density at radius 1 is 0.882 bits per heavy atom. The van der Waals surface area contributed by atoms with Gasteiger partial charge in [0.1, 0.15) is 17.4 Å². The number of hydrogen-bond acceptors (Lipinski definition) is 3. The molecule has 0 amide bonds. The second kappa shape index (κ2) is 19.3. The predicted octanol–water partition coefficient (Wildman–Crippen LogP) is 8.97. The van der Waals surface area contributed by atoms with E-state index in [-0.39, 0.29) is 5.78 Å². The zero-order valence-electron chi connectivity index (χ0n) is 23.7. The van der Waals surface area contributed by atoms with Crippen molar-refractivity contribution in [3.8, 4) is 5.69 Å². The van der Waals surface area contributed by atoms with E-state index in [1.165, 1.54) is 70.9 Å². The molecule has 0 saturated heterocycles. The third kappa shape index (κ3) is 12.5. The van der Waals surface area contributed by atoms with Crippen LogP contribution in [0.4, 0.5) is 0 Å². The first kappa shape index (κ1) is 32.0. The normalized spacial score (nSPS) is 18.4. The second-order valence-corrected chi connectivity index (χ2v) is 9.17. The molecule has 2 aliphatic rings. The molecule has 194 valence electrons. The topological polar surface area (TPSA) is 47.8 Å². The van der Waals surface area contributed by atoms with Gasteiger partial charge < -0.3 is 4.79 Å². The van der Waals surface area contributed by atoms with Crippen LogP contribution in [-0.4, -0.2) is 20.5 Å². The van der Waals surface area contributed by atoms with Crippen LogP contribution in [0.3, 0.4) is 0 Å². The molecule has 1 aromatic heterocycles. The van der Waals surface area contributed by atoms with Gasteiger partial charge in [-0.15, -0.1) is 10.2 Å². The molecule has 0 bridgehead atoms. The zero-order chi connectivity index (χ0) is 25.9. The number of carbonyl (C=O) groups is 1. The van der Waals surface area contributed by atoms with Crippen LogP contribution in [0.25, 0.3) is 5.69 Å². The Hall–Kier alpha value is -1.97. The van der Waals surface area contributed by atoms with Crippen LogP contribution in [0, 0.1) is 11.8 Å². The van der Waals surface area contributed by atoms with Gasteiger partial charge in [-0.1, -0.05) is 98.8 Å². The van der Waals surface area contributed by atoms with Gasteiger partial charge in [-0.2, -0.15) is 0 Å². The number of hydrogen-bond donors (Lipinski definition) is 0. The lowest BCUT2D eigenvalue weighted by Crippen LogP contribution is -2.12. The van der Waals surface area contributed by atoms with Crippen LogP contribution >= 0.6 is 0 Å². The lowest BCUT2D eigenvalue weighted by atomic mass is 9.82. The highest BCUT2D eigenvalue weighted by Gasteiger charge is 2.30. The summed E-state index contributed by atoms with van der Waals surface area (Å²) in [6, 6.07) is 10.5. The molecule has 2 unspecified atom stereocenters. The molecule has 34 heavy (non-hydrogen) atoms. The summed E-state index contributed by atoms with van der Waals surface area (Å²) in [6.07, 6.45) is 11.8. The Morgan fingerprint density at radius 3 is 1.79 bits per heavy atom. The van der Waals surface area contributed by atoms with E-state index in [1.807, 2.05) is 27.7 Å². The van der Waals surface area contributed by atoms with Crippen LogP contribution < -0.4 is 0 Å². The molecule has 4 rings (SSSR count). The summed E-state index contributed by atoms with van der Waals surface area (Å²) in [7, 11) is 0. The number of Topliss-reactive ketones (excluding diaryl/α,β-unsaturated/α-hetero) is 1. The SMILES string of the molecule is CC.CC.CC(C)=O.CC1CCCCC1C.CCCCc1nnc(C2CC2)n1-c1ccccc1. The summed E-state index contributed by atoms with van der Waals surface area (Å²) >= 11 is 0. The summed E-state index contributed by atoms with van der Waals surface area (Å²) in [5, 5.41) is 8.82. The minimum Gasteiger partial charge on any atom is -0.300 e. The van der Waals surface area contributed by atoms with Gasteiger partial charge in [-0.05, 0) is 57.1 Å². The number of unbranched alkanes of at least 4 members (excludes halogenated alkanes) is 1. The van der Waals surface area contributed by atoms with E-state index in [4.69, 9.17) is 0 Å². The van der Waals surface area contributed by atoms with Crippen molar-refractivity contribution in [2.24, 2.45) is 11.8 Å². The van der Waals surface area contributed by atoms with E-state index in [9.17, 15) is 4.79 Å². The monoisotopic (exact) mass is 471 g/mol. The molecule has 0 radical (unpaired) electrons. The summed E-state index contributed by atoms with van der Waals surface area (Å²) in [6.45, 7) is 18.0. The van der Waals surface area contributed by atoms with Gasteiger partial charge in [0, 0.05) is 18.0 Å². The molecule has 2 atom stereocenters. The van der Waals surface area contributed by atoms with E-state index in [0.717, 1.165) is 29.9 Å². The third-order valence-electron chi connectivity index (χ3n) is 6.01. The molecule has 2 aliphatic carbocycles. The van der Waals surface area contributed by atoms with Crippen molar-refractivity contribution in [1.29, 1.82) is 0 Å². The van der Waals surface area contributed by atoms with Crippen molar-refractivity contribution in [2.75, 3.05) is 0 Å². The molecule has 4 heteroatoms. The number of aryl methyl sites for hydroxylation is 1. The number of benzene rings is 1. The molecule has 1 aromatic carbocycles. The number of nitrogens with zero attached hydrogens (tertiary/aromatic N) is 3. The second-order valence-electron chi connectivity index (χ2n) is 9.17. The first-order valence-electron chi connectivity index (χ1n) is 13.9. The minimum absolute atomic E-state index is 0.167. The molecular formula is C30H53N3O. The van der Waals surface area contributed by atoms with Gasteiger partial charge >= 0.3 is 0 Å². The van der Waals surface area contributed by atoms with Crippen molar-refractivity contribution in [1.82, 2.24) is 14.8 Å². The highest BCUT2D eigenvalue weighted by atomic mass is 16.1. The fourth-order valence-electron chi connectivity index (χ4n) is 3.79. The van der Waals surface area contributed by atoms with Crippen LogP contribution in [0.1, 0.15) is 131 Å². The van der Waals surface area contributed by atoms with E-state index in [0.29, 0.717) is 5.92 Å². The highest BCUT2D eigenvalue weighted by molar-refractivity contribution is 5.72. The molecule has 0 spiro atoms. The van der Waals surface area contributed by atoms with E-state index >= 15 is 0 Å². The number of rotatable bonds is 5. The smallest absolute Gasteiger partial charge is 0.140 e. The van der Waals surface area contributed by atoms with Gasteiger partial charge in [0.2, 0.25) is 0 Å². The quantitative estimate of drug-likeness (QED) is 0.437. The number of carbonyl (C=O) groups excluding carboxylic acids is 1. The standard InChI is InChI=1S/C15H19N3.C8H16.C3H6O.2C2H6/c1-2-3-9-14-16-17-15(12-10-11-12)18(14)13-7-5-4-6-8-13;1-7-5-3-4-6-8(7)2;1-3(2)4;2*1-2/h4-8,12H,2-3,9-11H2,1H3;7-8H,3-6H2,1-2H3;1-2H3;2*1-2H3. The number of ketones is 1. The average Bonchev–Trinajstić information content (AvgIpc) is 3.62. The van der Waals surface area contributed by atoms with Gasteiger partial charge in [0.05, 0.1) is 0 Å². The largest absolute Gasteiger partial charge is 0.300 e. The van der Waals surface area contributed by atoms with Crippen LogP contribution in [0.2, 0.25) is 0 Å². The number of para-hydroxylation sites is 1.